The van der Waals surface area contributed by atoms with Crippen LogP contribution in [0.4, 0.5) is 0 Å². The van der Waals surface area contributed by atoms with E-state index in [1.807, 2.05) is 12.1 Å². The predicted molar refractivity (Wildman–Crippen MR) is 104 cm³/mol. The Labute approximate surface area is 160 Å². The predicted octanol–water partition coefficient (Wildman–Crippen LogP) is 5.34. The van der Waals surface area contributed by atoms with Gasteiger partial charge in [0.15, 0.2) is 0 Å². The fourth-order valence-corrected chi connectivity index (χ4v) is 4.30. The zero-order valence-corrected chi connectivity index (χ0v) is 18.9. The molecule has 0 spiro atoms. The Morgan fingerprint density at radius 2 is 1.60 bits per heavy atom. The van der Waals surface area contributed by atoms with Crippen molar-refractivity contribution in [3.8, 4) is 5.75 Å². The van der Waals surface area contributed by atoms with Crippen molar-refractivity contribution < 1.29 is 18.6 Å². The van der Waals surface area contributed by atoms with Gasteiger partial charge >= 0.3 is 5.97 Å². The molecule has 140 valence electrons. The van der Waals surface area contributed by atoms with Crippen LogP contribution in [0.2, 0.25) is 18.1 Å². The Morgan fingerprint density at radius 3 is 2.08 bits per heavy atom. The van der Waals surface area contributed by atoms with Gasteiger partial charge in [0, 0.05) is 21.0 Å². The van der Waals surface area contributed by atoms with Crippen LogP contribution in [-0.4, -0.2) is 28.1 Å². The summed E-state index contributed by atoms with van der Waals surface area (Å²) in [6.45, 7) is 17.3. The lowest BCUT2D eigenvalue weighted by Crippen LogP contribution is -2.57. The zero-order chi connectivity index (χ0) is 18.7. The molecule has 0 aromatic heterocycles. The molecule has 4 rings (SSSR count). The van der Waals surface area contributed by atoms with Crippen molar-refractivity contribution in [1.82, 2.24) is 0 Å². The lowest BCUT2D eigenvalue weighted by molar-refractivity contribution is -0.477. The Balaban J connectivity index is 1.99. The molecule has 0 aliphatic carbocycles. The van der Waals surface area contributed by atoms with E-state index in [1.165, 1.54) is 0 Å². The smallest absolute Gasteiger partial charge is 0.312 e. The van der Waals surface area contributed by atoms with Crippen LogP contribution in [0.15, 0.2) is 16.6 Å². The maximum atomic E-state index is 6.57. The first-order chi connectivity index (χ1) is 11.4. The molecule has 0 unspecified atom stereocenters. The van der Waals surface area contributed by atoms with E-state index >= 15 is 0 Å². The summed E-state index contributed by atoms with van der Waals surface area (Å²) >= 11 is 3.62. The van der Waals surface area contributed by atoms with Gasteiger partial charge in [-0.15, -0.1) is 0 Å². The second-order valence-corrected chi connectivity index (χ2v) is 14.8. The average Bonchev–Trinajstić information content (AvgIpc) is 2.50. The Hall–Kier alpha value is -0.403. The first-order valence-electron chi connectivity index (χ1n) is 8.79. The van der Waals surface area contributed by atoms with Crippen LogP contribution in [0.5, 0.6) is 5.75 Å². The second kappa shape index (κ2) is 6.06. The summed E-state index contributed by atoms with van der Waals surface area (Å²) in [6.07, 6.45) is 0. The molecule has 2 bridgehead atoms. The average molecular weight is 429 g/mol. The summed E-state index contributed by atoms with van der Waals surface area (Å²) in [5.41, 5.74) is 1.85. The molecule has 1 aromatic carbocycles. The molecule has 0 radical (unpaired) electrons. The van der Waals surface area contributed by atoms with Gasteiger partial charge in [-0.2, -0.15) is 0 Å². The highest BCUT2D eigenvalue weighted by atomic mass is 79.9. The highest BCUT2D eigenvalue weighted by Gasteiger charge is 2.52. The van der Waals surface area contributed by atoms with Crippen molar-refractivity contribution in [2.75, 3.05) is 19.8 Å². The van der Waals surface area contributed by atoms with Gasteiger partial charge in [-0.25, -0.2) is 0 Å². The van der Waals surface area contributed by atoms with E-state index in [9.17, 15) is 0 Å². The van der Waals surface area contributed by atoms with Crippen molar-refractivity contribution in [3.63, 3.8) is 0 Å². The van der Waals surface area contributed by atoms with Crippen LogP contribution >= 0.6 is 15.9 Å². The van der Waals surface area contributed by atoms with Gasteiger partial charge in [-0.05, 0) is 37.2 Å². The van der Waals surface area contributed by atoms with E-state index in [1.54, 1.807) is 0 Å². The fraction of sp³-hybridized carbons (Fsp3) is 0.684. The number of benzene rings is 1. The van der Waals surface area contributed by atoms with Crippen molar-refractivity contribution >= 4 is 24.2 Å². The van der Waals surface area contributed by atoms with Gasteiger partial charge in [0.25, 0.3) is 0 Å². The number of fused-ring (bicyclic) bond motifs is 3. The van der Waals surface area contributed by atoms with E-state index in [-0.39, 0.29) is 10.5 Å². The lowest BCUT2D eigenvalue weighted by atomic mass is 9.90. The molecule has 4 nitrogen and oxygen atoms in total. The molecule has 3 saturated heterocycles. The topological polar surface area (TPSA) is 36.9 Å². The maximum Gasteiger partial charge on any atom is 0.312 e. The summed E-state index contributed by atoms with van der Waals surface area (Å²) in [6, 6.07) is 4.05. The molecule has 1 aromatic rings. The van der Waals surface area contributed by atoms with Gasteiger partial charge in [-0.3, -0.25) is 0 Å². The standard InChI is InChI=1S/C19H29BrO4Si/c1-13-15(19-21-10-18(5,11-22-19)12-23-19)8-14(20)9-16(13)24-25(6,7)17(2,3)4/h8-9H,10-12H2,1-7H3. The van der Waals surface area contributed by atoms with Gasteiger partial charge in [0.05, 0.1) is 19.8 Å². The van der Waals surface area contributed by atoms with Crippen LogP contribution < -0.4 is 4.43 Å². The summed E-state index contributed by atoms with van der Waals surface area (Å²) in [5, 5.41) is 0.126. The highest BCUT2D eigenvalue weighted by Crippen LogP contribution is 2.47. The van der Waals surface area contributed by atoms with Crippen LogP contribution in [0.3, 0.4) is 0 Å². The molecule has 3 aliphatic heterocycles. The van der Waals surface area contributed by atoms with Crippen molar-refractivity contribution in [3.05, 3.63) is 27.7 Å². The highest BCUT2D eigenvalue weighted by molar-refractivity contribution is 9.10. The molecule has 0 N–H and O–H groups in total. The minimum absolute atomic E-state index is 0.0534. The number of halogens is 1. The third-order valence-corrected chi connectivity index (χ3v) is 10.5. The SMILES string of the molecule is Cc1c(O[Si](C)(C)C(C)(C)C)cc(Br)cc1C12OCC(C)(CO1)CO2. The van der Waals surface area contributed by atoms with Crippen LogP contribution in [0, 0.1) is 12.3 Å². The summed E-state index contributed by atoms with van der Waals surface area (Å²) in [5.74, 6) is -0.239. The largest absolute Gasteiger partial charge is 0.543 e. The van der Waals surface area contributed by atoms with Crippen LogP contribution in [-0.2, 0) is 20.2 Å². The maximum absolute atomic E-state index is 6.57. The summed E-state index contributed by atoms with van der Waals surface area (Å²) < 4.78 is 25.6. The van der Waals surface area contributed by atoms with Gasteiger partial charge in [0.2, 0.25) is 8.32 Å². The number of ether oxygens (including phenoxy) is 3. The molecular weight excluding hydrogens is 400 g/mol. The van der Waals surface area contributed by atoms with Crippen molar-refractivity contribution in [2.24, 2.45) is 5.41 Å². The van der Waals surface area contributed by atoms with Crippen LogP contribution in [0.25, 0.3) is 0 Å². The Kier molecular flexibility index (Phi) is 4.69. The first kappa shape index (κ1) is 19.4. The molecule has 3 heterocycles. The minimum Gasteiger partial charge on any atom is -0.543 e. The van der Waals surface area contributed by atoms with E-state index in [2.05, 4.69) is 63.6 Å². The third kappa shape index (κ3) is 3.44. The molecule has 6 heteroatoms. The van der Waals surface area contributed by atoms with E-state index < -0.39 is 14.3 Å². The summed E-state index contributed by atoms with van der Waals surface area (Å²) in [7, 11) is -1.95. The van der Waals surface area contributed by atoms with Crippen molar-refractivity contribution in [2.45, 2.75) is 58.7 Å². The second-order valence-electron chi connectivity index (χ2n) is 9.17. The molecule has 0 amide bonds. The third-order valence-electron chi connectivity index (χ3n) is 5.66. The molecule has 3 fully saturated rings. The Bertz CT molecular complexity index is 656. The van der Waals surface area contributed by atoms with Gasteiger partial charge < -0.3 is 18.6 Å². The Morgan fingerprint density at radius 1 is 1.08 bits per heavy atom. The quantitative estimate of drug-likeness (QED) is 0.609. The van der Waals surface area contributed by atoms with E-state index in [4.69, 9.17) is 18.6 Å². The normalized spacial score (nSPS) is 29.8. The monoisotopic (exact) mass is 428 g/mol. The van der Waals surface area contributed by atoms with E-state index in [0.29, 0.717) is 19.8 Å². The van der Waals surface area contributed by atoms with Gasteiger partial charge in [-0.1, -0.05) is 43.6 Å². The minimum atomic E-state index is -1.95. The number of hydrogen-bond donors (Lipinski definition) is 0. The molecule has 3 aliphatic rings. The zero-order valence-electron chi connectivity index (χ0n) is 16.3. The van der Waals surface area contributed by atoms with Gasteiger partial charge in [0.1, 0.15) is 5.75 Å². The number of hydrogen-bond acceptors (Lipinski definition) is 4. The van der Waals surface area contributed by atoms with Crippen LogP contribution in [0.1, 0.15) is 38.8 Å². The molecule has 0 atom stereocenters. The fourth-order valence-electron chi connectivity index (χ4n) is 2.80. The number of rotatable bonds is 3. The molecular formula is C19H29BrO4Si. The molecule has 0 saturated carbocycles. The van der Waals surface area contributed by atoms with E-state index in [0.717, 1.165) is 21.3 Å². The van der Waals surface area contributed by atoms with Crippen molar-refractivity contribution in [1.29, 1.82) is 0 Å². The summed E-state index contributed by atoms with van der Waals surface area (Å²) in [4.78, 5) is 0. The molecule has 25 heavy (non-hydrogen) atoms. The first-order valence-corrected chi connectivity index (χ1v) is 12.5. The lowest BCUT2D eigenvalue weighted by Gasteiger charge is -2.50.